The highest BCUT2D eigenvalue weighted by molar-refractivity contribution is 6.30. The van der Waals surface area contributed by atoms with Crippen molar-refractivity contribution in [3.63, 3.8) is 0 Å². The summed E-state index contributed by atoms with van der Waals surface area (Å²) in [5, 5.41) is 4.20. The molecule has 1 aliphatic carbocycles. The molecule has 0 unspecified atom stereocenters. The summed E-state index contributed by atoms with van der Waals surface area (Å²) in [7, 11) is 0. The van der Waals surface area contributed by atoms with Gasteiger partial charge in [-0.3, -0.25) is 0 Å². The Balaban J connectivity index is 1.72. The number of aryl methyl sites for hydroxylation is 1. The average Bonchev–Trinajstić information content (AvgIpc) is 3.25. The maximum Gasteiger partial charge on any atom is 0.131 e. The summed E-state index contributed by atoms with van der Waals surface area (Å²) in [6.07, 6.45) is 2.61. The van der Waals surface area contributed by atoms with Crippen molar-refractivity contribution in [1.82, 2.24) is 5.32 Å². The summed E-state index contributed by atoms with van der Waals surface area (Å²) in [6.45, 7) is 2.92. The van der Waals surface area contributed by atoms with Gasteiger partial charge in [0.25, 0.3) is 0 Å². The summed E-state index contributed by atoms with van der Waals surface area (Å²) in [5.74, 6) is 1.66. The van der Waals surface area contributed by atoms with Crippen LogP contribution in [0.1, 0.15) is 24.0 Å². The van der Waals surface area contributed by atoms with E-state index in [1.54, 1.807) is 0 Å². The Morgan fingerprint density at radius 2 is 2.05 bits per heavy atom. The van der Waals surface area contributed by atoms with Crippen LogP contribution < -0.4 is 10.1 Å². The van der Waals surface area contributed by atoms with Crippen molar-refractivity contribution in [2.24, 2.45) is 0 Å². The first kappa shape index (κ1) is 13.5. The maximum atomic E-state index is 6.02. The third kappa shape index (κ3) is 3.53. The van der Waals surface area contributed by atoms with E-state index in [1.807, 2.05) is 37.3 Å². The SMILES string of the molecule is Cc1ccc(Cl)cc1Oc1cccc(CNC2CC2)c1. The Kier molecular flexibility index (Phi) is 3.95. The first-order valence-corrected chi connectivity index (χ1v) is 7.35. The molecule has 20 heavy (non-hydrogen) atoms. The molecule has 0 bridgehead atoms. The number of rotatable bonds is 5. The van der Waals surface area contributed by atoms with Crippen molar-refractivity contribution in [2.45, 2.75) is 32.4 Å². The minimum absolute atomic E-state index is 0.692. The molecule has 0 amide bonds. The summed E-state index contributed by atoms with van der Waals surface area (Å²) in [5.41, 5.74) is 2.32. The molecular weight excluding hydrogens is 270 g/mol. The third-order valence-corrected chi connectivity index (χ3v) is 3.68. The van der Waals surface area contributed by atoms with E-state index in [2.05, 4.69) is 17.4 Å². The normalized spacial score (nSPS) is 14.3. The van der Waals surface area contributed by atoms with Gasteiger partial charge in [0.2, 0.25) is 0 Å². The van der Waals surface area contributed by atoms with Crippen LogP contribution in [0.3, 0.4) is 0 Å². The molecule has 3 heteroatoms. The summed E-state index contributed by atoms with van der Waals surface area (Å²) in [4.78, 5) is 0. The van der Waals surface area contributed by atoms with E-state index in [9.17, 15) is 0 Å². The second-order valence-corrected chi connectivity index (χ2v) is 5.75. The van der Waals surface area contributed by atoms with Crippen molar-refractivity contribution >= 4 is 11.6 Å². The molecule has 1 N–H and O–H groups in total. The quantitative estimate of drug-likeness (QED) is 0.861. The fraction of sp³-hybridized carbons (Fsp3) is 0.294. The summed E-state index contributed by atoms with van der Waals surface area (Å²) < 4.78 is 5.94. The molecule has 0 atom stereocenters. The average molecular weight is 288 g/mol. The number of ether oxygens (including phenoxy) is 1. The topological polar surface area (TPSA) is 21.3 Å². The van der Waals surface area contributed by atoms with Crippen molar-refractivity contribution in [3.05, 3.63) is 58.6 Å². The minimum Gasteiger partial charge on any atom is -0.457 e. The van der Waals surface area contributed by atoms with Crippen LogP contribution in [-0.2, 0) is 6.54 Å². The van der Waals surface area contributed by atoms with Gasteiger partial charge in [0.15, 0.2) is 0 Å². The van der Waals surface area contributed by atoms with Gasteiger partial charge in [-0.1, -0.05) is 29.8 Å². The predicted octanol–water partition coefficient (Wildman–Crippen LogP) is 4.69. The van der Waals surface area contributed by atoms with E-state index in [0.717, 1.165) is 29.6 Å². The molecule has 104 valence electrons. The Labute approximate surface area is 124 Å². The Morgan fingerprint density at radius 1 is 1.20 bits per heavy atom. The number of benzene rings is 2. The first-order chi connectivity index (χ1) is 9.70. The lowest BCUT2D eigenvalue weighted by atomic mass is 10.2. The molecule has 0 aliphatic heterocycles. The van der Waals surface area contributed by atoms with Crippen LogP contribution >= 0.6 is 11.6 Å². The molecule has 0 aromatic heterocycles. The monoisotopic (exact) mass is 287 g/mol. The molecule has 3 rings (SSSR count). The lowest BCUT2D eigenvalue weighted by Crippen LogP contribution is -2.15. The molecule has 1 fully saturated rings. The molecule has 2 aromatic rings. The van der Waals surface area contributed by atoms with Crippen molar-refractivity contribution in [3.8, 4) is 11.5 Å². The number of halogens is 1. The Hall–Kier alpha value is -1.51. The Bertz CT molecular complexity index is 608. The van der Waals surface area contributed by atoms with E-state index in [-0.39, 0.29) is 0 Å². The van der Waals surface area contributed by atoms with Gasteiger partial charge in [-0.15, -0.1) is 0 Å². The molecule has 0 spiro atoms. The van der Waals surface area contributed by atoms with Gasteiger partial charge in [0.1, 0.15) is 11.5 Å². The van der Waals surface area contributed by atoms with Crippen LogP contribution in [0.2, 0.25) is 5.02 Å². The van der Waals surface area contributed by atoms with Crippen LogP contribution in [0.15, 0.2) is 42.5 Å². The van der Waals surface area contributed by atoms with Crippen LogP contribution in [0.5, 0.6) is 11.5 Å². The summed E-state index contributed by atoms with van der Waals surface area (Å²) >= 11 is 6.02. The molecule has 1 saturated carbocycles. The van der Waals surface area contributed by atoms with E-state index >= 15 is 0 Å². The van der Waals surface area contributed by atoms with Crippen LogP contribution in [0, 0.1) is 6.92 Å². The third-order valence-electron chi connectivity index (χ3n) is 3.45. The zero-order valence-electron chi connectivity index (χ0n) is 11.5. The molecule has 2 nitrogen and oxygen atoms in total. The van der Waals surface area contributed by atoms with E-state index in [0.29, 0.717) is 5.02 Å². The zero-order valence-corrected chi connectivity index (χ0v) is 12.3. The number of hydrogen-bond acceptors (Lipinski definition) is 2. The van der Waals surface area contributed by atoms with Crippen molar-refractivity contribution < 1.29 is 4.74 Å². The fourth-order valence-electron chi connectivity index (χ4n) is 2.08. The molecule has 1 aliphatic rings. The van der Waals surface area contributed by atoms with Gasteiger partial charge in [0.05, 0.1) is 0 Å². The summed E-state index contributed by atoms with van der Waals surface area (Å²) in [6, 6.07) is 14.6. The zero-order chi connectivity index (χ0) is 13.9. The van der Waals surface area contributed by atoms with Gasteiger partial charge in [-0.05, 0) is 55.2 Å². The van der Waals surface area contributed by atoms with Crippen molar-refractivity contribution in [1.29, 1.82) is 0 Å². The highest BCUT2D eigenvalue weighted by atomic mass is 35.5. The molecule has 0 saturated heterocycles. The number of hydrogen-bond donors (Lipinski definition) is 1. The van der Waals surface area contributed by atoms with Crippen LogP contribution in [0.25, 0.3) is 0 Å². The van der Waals surface area contributed by atoms with Crippen molar-refractivity contribution in [2.75, 3.05) is 0 Å². The highest BCUT2D eigenvalue weighted by Gasteiger charge is 2.19. The minimum atomic E-state index is 0.692. The van der Waals surface area contributed by atoms with Gasteiger partial charge in [-0.2, -0.15) is 0 Å². The second-order valence-electron chi connectivity index (χ2n) is 5.31. The highest BCUT2D eigenvalue weighted by Crippen LogP contribution is 2.28. The maximum absolute atomic E-state index is 6.02. The lowest BCUT2D eigenvalue weighted by Gasteiger charge is -2.10. The van der Waals surface area contributed by atoms with Gasteiger partial charge in [-0.25, -0.2) is 0 Å². The molecule has 0 heterocycles. The van der Waals surface area contributed by atoms with Gasteiger partial charge < -0.3 is 10.1 Å². The first-order valence-electron chi connectivity index (χ1n) is 6.97. The standard InChI is InChI=1S/C17H18ClNO/c1-12-5-6-14(18)10-17(12)20-16-4-2-3-13(9-16)11-19-15-7-8-15/h2-6,9-10,15,19H,7-8,11H2,1H3. The fourth-order valence-corrected chi connectivity index (χ4v) is 2.24. The van der Waals surface area contributed by atoms with E-state index in [1.165, 1.54) is 18.4 Å². The van der Waals surface area contributed by atoms with E-state index in [4.69, 9.17) is 16.3 Å². The Morgan fingerprint density at radius 3 is 2.85 bits per heavy atom. The largest absolute Gasteiger partial charge is 0.457 e. The van der Waals surface area contributed by atoms with Crippen LogP contribution in [-0.4, -0.2) is 6.04 Å². The second kappa shape index (κ2) is 5.86. The molecule has 2 aromatic carbocycles. The predicted molar refractivity (Wildman–Crippen MR) is 82.6 cm³/mol. The van der Waals surface area contributed by atoms with Crippen LogP contribution in [0.4, 0.5) is 0 Å². The lowest BCUT2D eigenvalue weighted by molar-refractivity contribution is 0.478. The smallest absolute Gasteiger partial charge is 0.131 e. The van der Waals surface area contributed by atoms with Gasteiger partial charge >= 0.3 is 0 Å². The van der Waals surface area contributed by atoms with Gasteiger partial charge in [0, 0.05) is 17.6 Å². The molecular formula is C17H18ClNO. The van der Waals surface area contributed by atoms with E-state index < -0.39 is 0 Å². The molecule has 0 radical (unpaired) electrons. The number of nitrogens with one attached hydrogen (secondary N) is 1.